The van der Waals surface area contributed by atoms with E-state index in [0.717, 1.165) is 10.0 Å². The highest BCUT2D eigenvalue weighted by atomic mass is 79.9. The van der Waals surface area contributed by atoms with Crippen molar-refractivity contribution in [2.24, 2.45) is 0 Å². The minimum atomic E-state index is -0.221. The average Bonchev–Trinajstić information content (AvgIpc) is 2.14. The Balaban J connectivity index is 2.61. The number of hydrogen-bond donors (Lipinski definition) is 2. The molecule has 2 N–H and O–H groups in total. The van der Waals surface area contributed by atoms with E-state index in [1.165, 1.54) is 0 Å². The molecule has 1 unspecified atom stereocenters. The maximum atomic E-state index is 11.7. The Labute approximate surface area is 111 Å². The second-order valence-electron chi connectivity index (χ2n) is 5.13. The van der Waals surface area contributed by atoms with E-state index in [-0.39, 0.29) is 17.6 Å². The lowest BCUT2D eigenvalue weighted by atomic mass is 10.1. The third-order valence-corrected chi connectivity index (χ3v) is 2.68. The summed E-state index contributed by atoms with van der Waals surface area (Å²) in [6.07, 6.45) is 0. The fourth-order valence-electron chi connectivity index (χ4n) is 1.43. The maximum Gasteiger partial charge on any atom is 0.315 e. The topological polar surface area (TPSA) is 41.1 Å². The van der Waals surface area contributed by atoms with Crippen molar-refractivity contribution in [3.8, 4) is 0 Å². The van der Waals surface area contributed by atoms with E-state index < -0.39 is 0 Å². The predicted molar refractivity (Wildman–Crippen MR) is 74.0 cm³/mol. The first kappa shape index (κ1) is 14.0. The Bertz CT molecular complexity index is 399. The van der Waals surface area contributed by atoms with Gasteiger partial charge in [0.15, 0.2) is 0 Å². The van der Waals surface area contributed by atoms with Crippen molar-refractivity contribution in [1.29, 1.82) is 0 Å². The van der Waals surface area contributed by atoms with Crippen molar-refractivity contribution in [1.82, 2.24) is 10.6 Å². The van der Waals surface area contributed by atoms with Crippen LogP contribution < -0.4 is 10.6 Å². The molecule has 3 nitrogen and oxygen atoms in total. The third kappa shape index (κ3) is 5.22. The molecule has 0 aliphatic carbocycles. The minimum absolute atomic E-state index is 0.0187. The molecular formula is C13H19BrN2O. The van der Waals surface area contributed by atoms with Crippen molar-refractivity contribution in [2.75, 3.05) is 0 Å². The van der Waals surface area contributed by atoms with Gasteiger partial charge in [-0.1, -0.05) is 28.1 Å². The summed E-state index contributed by atoms with van der Waals surface area (Å²) in [7, 11) is 0. The average molecular weight is 299 g/mol. The summed E-state index contributed by atoms with van der Waals surface area (Å²) < 4.78 is 1.01. The van der Waals surface area contributed by atoms with Crippen LogP contribution >= 0.6 is 15.9 Å². The van der Waals surface area contributed by atoms with Gasteiger partial charge in [-0.2, -0.15) is 0 Å². The van der Waals surface area contributed by atoms with Gasteiger partial charge in [0, 0.05) is 10.0 Å². The van der Waals surface area contributed by atoms with Crippen LogP contribution in [0.2, 0.25) is 0 Å². The zero-order chi connectivity index (χ0) is 13.1. The van der Waals surface area contributed by atoms with Crippen LogP contribution in [-0.4, -0.2) is 11.6 Å². The Hall–Kier alpha value is -1.03. The summed E-state index contributed by atoms with van der Waals surface area (Å²) in [5.74, 6) is 0. The lowest BCUT2D eigenvalue weighted by molar-refractivity contribution is 0.229. The normalized spacial score (nSPS) is 13.0. The standard InChI is InChI=1S/C13H19BrN2O/c1-9(10-6-5-7-11(14)8-10)15-12(17)16-13(2,3)4/h5-9H,1-4H3,(H2,15,16,17). The number of carbonyl (C=O) groups excluding carboxylic acids is 1. The van der Waals surface area contributed by atoms with Crippen LogP contribution in [0.4, 0.5) is 4.79 Å². The van der Waals surface area contributed by atoms with Gasteiger partial charge in [-0.05, 0) is 45.4 Å². The Morgan fingerprint density at radius 3 is 2.53 bits per heavy atom. The quantitative estimate of drug-likeness (QED) is 0.860. The fourth-order valence-corrected chi connectivity index (χ4v) is 1.85. The van der Waals surface area contributed by atoms with E-state index in [1.54, 1.807) is 0 Å². The van der Waals surface area contributed by atoms with E-state index in [2.05, 4.69) is 26.6 Å². The highest BCUT2D eigenvalue weighted by molar-refractivity contribution is 9.10. The molecule has 0 heterocycles. The first-order valence-electron chi connectivity index (χ1n) is 5.62. The molecule has 0 aliphatic rings. The van der Waals surface area contributed by atoms with Crippen LogP contribution in [0.25, 0.3) is 0 Å². The summed E-state index contributed by atoms with van der Waals surface area (Å²) in [6.45, 7) is 7.83. The number of rotatable bonds is 2. The van der Waals surface area contributed by atoms with Crippen molar-refractivity contribution in [3.05, 3.63) is 34.3 Å². The number of nitrogens with one attached hydrogen (secondary N) is 2. The number of halogens is 1. The Kier molecular flexibility index (Phi) is 4.57. The zero-order valence-corrected chi connectivity index (χ0v) is 12.3. The molecule has 1 atom stereocenters. The van der Waals surface area contributed by atoms with Gasteiger partial charge in [0.1, 0.15) is 0 Å². The van der Waals surface area contributed by atoms with Gasteiger partial charge in [-0.15, -0.1) is 0 Å². The summed E-state index contributed by atoms with van der Waals surface area (Å²) in [4.78, 5) is 11.7. The molecule has 0 fully saturated rings. The van der Waals surface area contributed by atoms with Gasteiger partial charge >= 0.3 is 6.03 Å². The van der Waals surface area contributed by atoms with E-state index in [9.17, 15) is 4.79 Å². The van der Waals surface area contributed by atoms with Crippen molar-refractivity contribution < 1.29 is 4.79 Å². The summed E-state index contributed by atoms with van der Waals surface area (Å²) in [6, 6.07) is 7.75. The minimum Gasteiger partial charge on any atom is -0.334 e. The Morgan fingerprint density at radius 2 is 2.00 bits per heavy atom. The molecule has 0 aliphatic heterocycles. The first-order valence-corrected chi connectivity index (χ1v) is 6.41. The van der Waals surface area contributed by atoms with Gasteiger partial charge in [-0.3, -0.25) is 0 Å². The van der Waals surface area contributed by atoms with Crippen LogP contribution in [0, 0.1) is 0 Å². The van der Waals surface area contributed by atoms with Crippen LogP contribution in [0.15, 0.2) is 28.7 Å². The summed E-state index contributed by atoms with van der Waals surface area (Å²) in [5, 5.41) is 5.78. The van der Waals surface area contributed by atoms with Crippen LogP contribution in [0.5, 0.6) is 0 Å². The van der Waals surface area contributed by atoms with Gasteiger partial charge < -0.3 is 10.6 Å². The Morgan fingerprint density at radius 1 is 1.35 bits per heavy atom. The van der Waals surface area contributed by atoms with Gasteiger partial charge in [0.05, 0.1) is 6.04 Å². The molecule has 0 saturated heterocycles. The van der Waals surface area contributed by atoms with E-state index in [1.807, 2.05) is 52.0 Å². The molecule has 0 radical (unpaired) electrons. The second-order valence-corrected chi connectivity index (χ2v) is 6.04. The van der Waals surface area contributed by atoms with E-state index in [0.29, 0.717) is 0 Å². The van der Waals surface area contributed by atoms with Crippen molar-refractivity contribution in [2.45, 2.75) is 39.3 Å². The highest BCUT2D eigenvalue weighted by Crippen LogP contribution is 2.17. The maximum absolute atomic E-state index is 11.7. The van der Waals surface area contributed by atoms with Crippen molar-refractivity contribution in [3.63, 3.8) is 0 Å². The predicted octanol–water partition coefficient (Wildman–Crippen LogP) is 3.61. The molecule has 0 spiro atoms. The van der Waals surface area contributed by atoms with Gasteiger partial charge in [0.25, 0.3) is 0 Å². The molecule has 2 amide bonds. The molecule has 0 aromatic heterocycles. The number of amides is 2. The van der Waals surface area contributed by atoms with E-state index >= 15 is 0 Å². The zero-order valence-electron chi connectivity index (χ0n) is 10.7. The SMILES string of the molecule is CC(NC(=O)NC(C)(C)C)c1cccc(Br)c1. The molecule has 94 valence electrons. The van der Waals surface area contributed by atoms with Gasteiger partial charge in [0.2, 0.25) is 0 Å². The number of urea groups is 1. The smallest absolute Gasteiger partial charge is 0.315 e. The van der Waals surface area contributed by atoms with Crippen LogP contribution in [0.3, 0.4) is 0 Å². The van der Waals surface area contributed by atoms with Gasteiger partial charge in [-0.25, -0.2) is 4.79 Å². The largest absolute Gasteiger partial charge is 0.334 e. The molecule has 17 heavy (non-hydrogen) atoms. The van der Waals surface area contributed by atoms with E-state index in [4.69, 9.17) is 0 Å². The summed E-state index contributed by atoms with van der Waals surface area (Å²) in [5.41, 5.74) is 0.851. The molecule has 1 aromatic carbocycles. The summed E-state index contributed by atoms with van der Waals surface area (Å²) >= 11 is 3.42. The van der Waals surface area contributed by atoms with Crippen LogP contribution in [0.1, 0.15) is 39.3 Å². The second kappa shape index (κ2) is 5.54. The molecule has 1 aromatic rings. The fraction of sp³-hybridized carbons (Fsp3) is 0.462. The monoisotopic (exact) mass is 298 g/mol. The highest BCUT2D eigenvalue weighted by Gasteiger charge is 2.15. The number of hydrogen-bond acceptors (Lipinski definition) is 1. The van der Waals surface area contributed by atoms with Crippen LogP contribution in [-0.2, 0) is 0 Å². The third-order valence-electron chi connectivity index (χ3n) is 2.18. The molecular weight excluding hydrogens is 280 g/mol. The van der Waals surface area contributed by atoms with Crippen molar-refractivity contribution >= 4 is 22.0 Å². The number of carbonyl (C=O) groups is 1. The molecule has 0 saturated carbocycles. The number of benzene rings is 1. The lowest BCUT2D eigenvalue weighted by Gasteiger charge is -2.23. The first-order chi connectivity index (χ1) is 7.78. The lowest BCUT2D eigenvalue weighted by Crippen LogP contribution is -2.47. The molecule has 1 rings (SSSR count). The molecule has 0 bridgehead atoms. The molecule has 4 heteroatoms.